The first kappa shape index (κ1) is 17.8. The smallest absolute Gasteiger partial charge is 0.268 e. The summed E-state index contributed by atoms with van der Waals surface area (Å²) in [7, 11) is 0. The predicted octanol–water partition coefficient (Wildman–Crippen LogP) is 5.79. The first-order chi connectivity index (χ1) is 12.0. The fraction of sp³-hybridized carbons (Fsp3) is 0.0526. The van der Waals surface area contributed by atoms with Gasteiger partial charge in [-0.25, -0.2) is 0 Å². The maximum Gasteiger partial charge on any atom is 0.293 e. The summed E-state index contributed by atoms with van der Waals surface area (Å²) >= 11 is 12.8. The highest BCUT2D eigenvalue weighted by Crippen LogP contribution is 2.32. The molecule has 1 fully saturated rings. The second-order valence-corrected chi connectivity index (χ2v) is 7.12. The van der Waals surface area contributed by atoms with Gasteiger partial charge < -0.3 is 0 Å². The van der Waals surface area contributed by atoms with E-state index in [0.29, 0.717) is 15.0 Å². The highest BCUT2D eigenvalue weighted by Gasteiger charge is 2.34. The molecule has 1 heterocycles. The van der Waals surface area contributed by atoms with Gasteiger partial charge in [0, 0.05) is 0 Å². The van der Waals surface area contributed by atoms with Gasteiger partial charge in [0.25, 0.3) is 11.1 Å². The molecule has 0 saturated carbocycles. The van der Waals surface area contributed by atoms with E-state index < -0.39 is 0 Å². The van der Waals surface area contributed by atoms with Gasteiger partial charge in [-0.2, -0.15) is 0 Å². The molecule has 1 aliphatic heterocycles. The Morgan fingerprint density at radius 3 is 2.48 bits per heavy atom. The number of carbonyl (C=O) groups excluding carboxylic acids is 2. The first-order valence-corrected chi connectivity index (χ1v) is 9.03. The van der Waals surface area contributed by atoms with Gasteiger partial charge in [-0.1, -0.05) is 71.8 Å². The second-order valence-electron chi connectivity index (χ2n) is 5.31. The van der Waals surface area contributed by atoms with Crippen molar-refractivity contribution in [2.75, 3.05) is 0 Å². The van der Waals surface area contributed by atoms with Crippen molar-refractivity contribution in [3.05, 3.63) is 86.8 Å². The second kappa shape index (κ2) is 7.91. The minimum Gasteiger partial charge on any atom is -0.268 e. The minimum absolute atomic E-state index is 0.168. The van der Waals surface area contributed by atoms with Gasteiger partial charge in [0.1, 0.15) is 0 Å². The summed E-state index contributed by atoms with van der Waals surface area (Å²) in [5.74, 6) is -0.307. The average Bonchev–Trinajstić information content (AvgIpc) is 2.87. The predicted molar refractivity (Wildman–Crippen MR) is 104 cm³/mol. The van der Waals surface area contributed by atoms with E-state index in [1.165, 1.54) is 4.90 Å². The Morgan fingerprint density at radius 1 is 1.00 bits per heavy atom. The first-order valence-electron chi connectivity index (χ1n) is 7.45. The molecule has 0 unspecified atom stereocenters. The number of amides is 2. The Labute approximate surface area is 159 Å². The molecular formula is C19H13Cl2NO2S. The largest absolute Gasteiger partial charge is 0.293 e. The zero-order valence-corrected chi connectivity index (χ0v) is 15.3. The fourth-order valence-corrected chi connectivity index (χ4v) is 3.39. The van der Waals surface area contributed by atoms with Gasteiger partial charge in [-0.15, -0.1) is 0 Å². The highest BCUT2D eigenvalue weighted by atomic mass is 35.5. The molecule has 6 heteroatoms. The standard InChI is InChI=1S/C19H13Cl2NO2S/c20-15-10-9-14(11-16(15)21)12-22-18(23)17(25-19(22)24)8-4-7-13-5-2-1-3-6-13/h1-11H,12H2/b7-4-,17-8+. The van der Waals surface area contributed by atoms with Crippen LogP contribution in [-0.2, 0) is 11.3 Å². The molecule has 1 saturated heterocycles. The molecule has 0 radical (unpaired) electrons. The Bertz CT molecular complexity index is 878. The van der Waals surface area contributed by atoms with Crippen LogP contribution in [0, 0.1) is 0 Å². The fourth-order valence-electron chi connectivity index (χ4n) is 2.28. The Kier molecular flexibility index (Phi) is 5.63. The summed E-state index contributed by atoms with van der Waals surface area (Å²) in [6.07, 6.45) is 5.31. The SMILES string of the molecule is O=C1S/C(=C/C=C\c2ccccc2)C(=O)N1Cc1ccc(Cl)c(Cl)c1. The molecule has 3 nitrogen and oxygen atoms in total. The number of hydrogen-bond donors (Lipinski definition) is 0. The van der Waals surface area contributed by atoms with E-state index in [0.717, 1.165) is 22.9 Å². The van der Waals surface area contributed by atoms with Crippen molar-refractivity contribution in [3.8, 4) is 0 Å². The van der Waals surface area contributed by atoms with Crippen molar-refractivity contribution in [1.29, 1.82) is 0 Å². The molecule has 25 heavy (non-hydrogen) atoms. The quantitative estimate of drug-likeness (QED) is 0.621. The average molecular weight is 390 g/mol. The molecule has 3 rings (SSSR count). The summed E-state index contributed by atoms with van der Waals surface area (Å²) < 4.78 is 0. The molecule has 2 aromatic carbocycles. The molecule has 0 aromatic heterocycles. The molecule has 0 spiro atoms. The number of thioether (sulfide) groups is 1. The number of allylic oxidation sites excluding steroid dienone is 2. The van der Waals surface area contributed by atoms with Gasteiger partial charge in [-0.05, 0) is 41.1 Å². The van der Waals surface area contributed by atoms with Gasteiger partial charge in [0.15, 0.2) is 0 Å². The van der Waals surface area contributed by atoms with Crippen LogP contribution in [0.2, 0.25) is 10.0 Å². The lowest BCUT2D eigenvalue weighted by Gasteiger charge is -2.12. The minimum atomic E-state index is -0.307. The molecule has 0 bridgehead atoms. The van der Waals surface area contributed by atoms with Gasteiger partial charge in [0.2, 0.25) is 0 Å². The molecule has 126 valence electrons. The van der Waals surface area contributed by atoms with Crippen molar-refractivity contribution in [2.24, 2.45) is 0 Å². The number of hydrogen-bond acceptors (Lipinski definition) is 3. The van der Waals surface area contributed by atoms with Gasteiger partial charge in [0.05, 0.1) is 21.5 Å². The highest BCUT2D eigenvalue weighted by molar-refractivity contribution is 8.18. The summed E-state index contributed by atoms with van der Waals surface area (Å²) in [5.41, 5.74) is 1.77. The van der Waals surface area contributed by atoms with E-state index in [-0.39, 0.29) is 17.7 Å². The Balaban J connectivity index is 1.72. The van der Waals surface area contributed by atoms with Crippen LogP contribution in [0.3, 0.4) is 0 Å². The molecule has 1 aliphatic rings. The summed E-state index contributed by atoms with van der Waals surface area (Å²) in [4.78, 5) is 26.2. The third-order valence-electron chi connectivity index (χ3n) is 3.53. The molecule has 0 atom stereocenters. The molecule has 2 aromatic rings. The van der Waals surface area contributed by atoms with Crippen molar-refractivity contribution >= 4 is 52.2 Å². The van der Waals surface area contributed by atoms with E-state index >= 15 is 0 Å². The zero-order valence-electron chi connectivity index (χ0n) is 13.0. The Morgan fingerprint density at radius 2 is 1.76 bits per heavy atom. The summed E-state index contributed by atoms with van der Waals surface area (Å²) in [5, 5.41) is 0.536. The maximum atomic E-state index is 12.4. The number of imide groups is 1. The maximum absolute atomic E-state index is 12.4. The van der Waals surface area contributed by atoms with E-state index in [2.05, 4.69) is 0 Å². The van der Waals surface area contributed by atoms with Crippen molar-refractivity contribution in [1.82, 2.24) is 4.90 Å². The monoisotopic (exact) mass is 389 g/mol. The van der Waals surface area contributed by atoms with Crippen molar-refractivity contribution < 1.29 is 9.59 Å². The van der Waals surface area contributed by atoms with Crippen molar-refractivity contribution in [2.45, 2.75) is 6.54 Å². The van der Waals surface area contributed by atoms with Crippen LogP contribution < -0.4 is 0 Å². The van der Waals surface area contributed by atoms with Crippen molar-refractivity contribution in [3.63, 3.8) is 0 Å². The summed E-state index contributed by atoms with van der Waals surface area (Å²) in [6.45, 7) is 0.168. The van der Waals surface area contributed by atoms with Crippen LogP contribution in [0.25, 0.3) is 6.08 Å². The van der Waals surface area contributed by atoms with E-state index in [1.54, 1.807) is 30.4 Å². The van der Waals surface area contributed by atoms with E-state index in [4.69, 9.17) is 23.2 Å². The molecular weight excluding hydrogens is 377 g/mol. The lowest BCUT2D eigenvalue weighted by molar-refractivity contribution is -0.123. The lowest BCUT2D eigenvalue weighted by atomic mass is 10.2. The molecule has 0 N–H and O–H groups in total. The topological polar surface area (TPSA) is 37.4 Å². The molecule has 0 aliphatic carbocycles. The van der Waals surface area contributed by atoms with Crippen LogP contribution in [0.15, 0.2) is 65.6 Å². The van der Waals surface area contributed by atoms with E-state index in [9.17, 15) is 9.59 Å². The number of benzene rings is 2. The zero-order chi connectivity index (χ0) is 17.8. The number of halogens is 2. The number of carbonyl (C=O) groups is 2. The van der Waals surface area contributed by atoms with Gasteiger partial charge in [-0.3, -0.25) is 14.5 Å². The number of rotatable bonds is 4. The molecule has 2 amide bonds. The Hall–Kier alpha value is -2.01. The number of nitrogens with zero attached hydrogens (tertiary/aromatic N) is 1. The van der Waals surface area contributed by atoms with E-state index in [1.807, 2.05) is 36.4 Å². The van der Waals surface area contributed by atoms with Crippen LogP contribution in [0.1, 0.15) is 11.1 Å². The van der Waals surface area contributed by atoms with Crippen LogP contribution >= 0.6 is 35.0 Å². The van der Waals surface area contributed by atoms with Crippen LogP contribution in [0.5, 0.6) is 0 Å². The van der Waals surface area contributed by atoms with Crippen LogP contribution in [-0.4, -0.2) is 16.0 Å². The van der Waals surface area contributed by atoms with Gasteiger partial charge >= 0.3 is 0 Å². The third kappa shape index (κ3) is 4.34. The lowest BCUT2D eigenvalue weighted by Crippen LogP contribution is -2.27. The summed E-state index contributed by atoms with van der Waals surface area (Å²) in [6, 6.07) is 14.8. The third-order valence-corrected chi connectivity index (χ3v) is 5.20. The van der Waals surface area contributed by atoms with Crippen LogP contribution in [0.4, 0.5) is 4.79 Å². The normalized spacial score (nSPS) is 16.4.